The molecule has 4 nitrogen and oxygen atoms in total. The molecule has 0 atom stereocenters. The van der Waals surface area contributed by atoms with E-state index in [-0.39, 0.29) is 0 Å². The number of anilines is 2. The minimum atomic E-state index is 0.528. The fourth-order valence-corrected chi connectivity index (χ4v) is 2.91. The van der Waals surface area contributed by atoms with E-state index in [0.29, 0.717) is 5.82 Å². The number of aryl methyl sites for hydroxylation is 1. The predicted octanol–water partition coefficient (Wildman–Crippen LogP) is 3.33. The first-order valence-corrected chi connectivity index (χ1v) is 7.05. The first kappa shape index (κ1) is 12.6. The van der Waals surface area contributed by atoms with Gasteiger partial charge in [-0.2, -0.15) is 0 Å². The lowest BCUT2D eigenvalue weighted by atomic mass is 10.1. The highest BCUT2D eigenvalue weighted by Gasteiger charge is 2.06. The minimum absolute atomic E-state index is 0.528. The third-order valence-electron chi connectivity index (χ3n) is 3.15. The Bertz CT molecular complexity index is 805. The molecule has 0 spiro atoms. The fourth-order valence-electron chi connectivity index (χ4n) is 2.02. The molecule has 0 radical (unpaired) electrons. The second-order valence-corrected chi connectivity index (χ2v) is 5.46. The van der Waals surface area contributed by atoms with Crippen molar-refractivity contribution in [1.29, 1.82) is 0 Å². The maximum atomic E-state index is 5.84. The second-order valence-electron chi connectivity index (χ2n) is 4.58. The SMILES string of the molecule is Cc1ccc(N)cc1/C=C/c1csc2c(N)ncnc12. The minimum Gasteiger partial charge on any atom is -0.399 e. The number of rotatable bonds is 2. The van der Waals surface area contributed by atoms with Gasteiger partial charge in [-0.15, -0.1) is 11.3 Å². The highest BCUT2D eigenvalue weighted by molar-refractivity contribution is 7.18. The van der Waals surface area contributed by atoms with E-state index in [1.807, 2.05) is 35.7 Å². The zero-order chi connectivity index (χ0) is 14.1. The van der Waals surface area contributed by atoms with Crippen molar-refractivity contribution in [1.82, 2.24) is 9.97 Å². The van der Waals surface area contributed by atoms with Gasteiger partial charge in [-0.25, -0.2) is 9.97 Å². The van der Waals surface area contributed by atoms with E-state index in [9.17, 15) is 0 Å². The summed E-state index contributed by atoms with van der Waals surface area (Å²) in [7, 11) is 0. The highest BCUT2D eigenvalue weighted by Crippen LogP contribution is 2.29. The van der Waals surface area contributed by atoms with Crippen LogP contribution in [0.3, 0.4) is 0 Å². The number of aromatic nitrogens is 2. The molecule has 0 aliphatic heterocycles. The van der Waals surface area contributed by atoms with Crippen LogP contribution in [0.5, 0.6) is 0 Å². The van der Waals surface area contributed by atoms with Crippen LogP contribution in [-0.4, -0.2) is 9.97 Å². The van der Waals surface area contributed by atoms with Gasteiger partial charge in [0, 0.05) is 16.6 Å². The van der Waals surface area contributed by atoms with Gasteiger partial charge in [-0.1, -0.05) is 18.2 Å². The lowest BCUT2D eigenvalue weighted by molar-refractivity contribution is 1.24. The van der Waals surface area contributed by atoms with Gasteiger partial charge in [-0.05, 0) is 30.2 Å². The molecule has 0 aliphatic rings. The molecule has 3 rings (SSSR count). The zero-order valence-electron chi connectivity index (χ0n) is 11.0. The summed E-state index contributed by atoms with van der Waals surface area (Å²) in [6.45, 7) is 2.06. The number of nitrogens with two attached hydrogens (primary N) is 2. The van der Waals surface area contributed by atoms with Crippen LogP contribution in [0.4, 0.5) is 11.5 Å². The fraction of sp³-hybridized carbons (Fsp3) is 0.0667. The van der Waals surface area contributed by atoms with E-state index < -0.39 is 0 Å². The maximum Gasteiger partial charge on any atom is 0.144 e. The quantitative estimate of drug-likeness (QED) is 0.707. The van der Waals surface area contributed by atoms with E-state index in [0.717, 1.165) is 27.0 Å². The molecule has 0 saturated heterocycles. The highest BCUT2D eigenvalue weighted by atomic mass is 32.1. The predicted molar refractivity (Wildman–Crippen MR) is 86.3 cm³/mol. The summed E-state index contributed by atoms with van der Waals surface area (Å²) in [6.07, 6.45) is 5.58. The molecule has 0 saturated carbocycles. The smallest absolute Gasteiger partial charge is 0.144 e. The Labute approximate surface area is 120 Å². The molecular weight excluding hydrogens is 268 g/mol. The van der Waals surface area contributed by atoms with Crippen molar-refractivity contribution in [2.24, 2.45) is 0 Å². The summed E-state index contributed by atoms with van der Waals surface area (Å²) in [4.78, 5) is 8.30. The molecule has 0 bridgehead atoms. The summed E-state index contributed by atoms with van der Waals surface area (Å²) >= 11 is 1.56. The number of nitrogen functional groups attached to an aromatic ring is 2. The van der Waals surface area contributed by atoms with Gasteiger partial charge >= 0.3 is 0 Å². The maximum absolute atomic E-state index is 5.84. The summed E-state index contributed by atoms with van der Waals surface area (Å²) in [6, 6.07) is 5.88. The van der Waals surface area contributed by atoms with Crippen LogP contribution in [0.25, 0.3) is 22.4 Å². The van der Waals surface area contributed by atoms with Crippen LogP contribution in [0.1, 0.15) is 16.7 Å². The Hall–Kier alpha value is -2.40. The van der Waals surface area contributed by atoms with E-state index in [4.69, 9.17) is 11.5 Å². The lowest BCUT2D eigenvalue weighted by Gasteiger charge is -2.01. The Balaban J connectivity index is 2.03. The van der Waals surface area contributed by atoms with Crippen LogP contribution < -0.4 is 11.5 Å². The molecule has 0 fully saturated rings. The second kappa shape index (κ2) is 4.94. The summed E-state index contributed by atoms with van der Waals surface area (Å²) in [5.74, 6) is 0.528. The number of hydrogen-bond donors (Lipinski definition) is 2. The first-order chi connectivity index (χ1) is 9.65. The topological polar surface area (TPSA) is 77.8 Å². The van der Waals surface area contributed by atoms with Gasteiger partial charge in [0.25, 0.3) is 0 Å². The van der Waals surface area contributed by atoms with Gasteiger partial charge in [0.05, 0.1) is 10.2 Å². The molecule has 1 aromatic carbocycles. The zero-order valence-corrected chi connectivity index (χ0v) is 11.8. The van der Waals surface area contributed by atoms with Crippen molar-refractivity contribution in [2.45, 2.75) is 6.92 Å². The monoisotopic (exact) mass is 282 g/mol. The van der Waals surface area contributed by atoms with Crippen molar-refractivity contribution in [3.8, 4) is 0 Å². The third-order valence-corrected chi connectivity index (χ3v) is 4.16. The molecule has 2 heterocycles. The third kappa shape index (κ3) is 2.23. The van der Waals surface area contributed by atoms with Crippen molar-refractivity contribution in [3.05, 3.63) is 46.6 Å². The van der Waals surface area contributed by atoms with Gasteiger partial charge in [-0.3, -0.25) is 0 Å². The Morgan fingerprint density at radius 2 is 1.90 bits per heavy atom. The van der Waals surface area contributed by atoms with Gasteiger partial charge < -0.3 is 11.5 Å². The molecule has 0 amide bonds. The van der Waals surface area contributed by atoms with E-state index in [1.165, 1.54) is 11.9 Å². The van der Waals surface area contributed by atoms with Crippen molar-refractivity contribution in [2.75, 3.05) is 11.5 Å². The number of thiophene rings is 1. The lowest BCUT2D eigenvalue weighted by Crippen LogP contribution is -1.90. The van der Waals surface area contributed by atoms with Crippen molar-refractivity contribution in [3.63, 3.8) is 0 Å². The van der Waals surface area contributed by atoms with Gasteiger partial charge in [0.2, 0.25) is 0 Å². The Morgan fingerprint density at radius 1 is 1.10 bits per heavy atom. The van der Waals surface area contributed by atoms with Gasteiger partial charge in [0.15, 0.2) is 0 Å². The molecule has 0 unspecified atom stereocenters. The number of nitrogens with zero attached hydrogens (tertiary/aromatic N) is 2. The number of hydrogen-bond acceptors (Lipinski definition) is 5. The van der Waals surface area contributed by atoms with Crippen LogP contribution in [0.2, 0.25) is 0 Å². The van der Waals surface area contributed by atoms with Crippen LogP contribution in [0, 0.1) is 6.92 Å². The van der Waals surface area contributed by atoms with Crippen molar-refractivity contribution < 1.29 is 0 Å². The van der Waals surface area contributed by atoms with E-state index in [1.54, 1.807) is 11.3 Å². The van der Waals surface area contributed by atoms with Gasteiger partial charge in [0.1, 0.15) is 12.1 Å². The van der Waals surface area contributed by atoms with Crippen LogP contribution in [0.15, 0.2) is 29.9 Å². The molecule has 2 aromatic heterocycles. The largest absolute Gasteiger partial charge is 0.399 e. The molecule has 5 heteroatoms. The standard InChI is InChI=1S/C15H14N4S/c1-9-2-5-12(16)6-10(9)3-4-11-7-20-14-13(11)18-8-19-15(14)17/h2-8H,16H2,1H3,(H2,17,18,19)/b4-3+. The first-order valence-electron chi connectivity index (χ1n) is 6.17. The number of fused-ring (bicyclic) bond motifs is 1. The average molecular weight is 282 g/mol. The van der Waals surface area contributed by atoms with Crippen molar-refractivity contribution >= 4 is 45.2 Å². The molecule has 20 heavy (non-hydrogen) atoms. The average Bonchev–Trinajstić information content (AvgIpc) is 2.85. The Morgan fingerprint density at radius 3 is 2.75 bits per heavy atom. The molecule has 100 valence electrons. The summed E-state index contributed by atoms with van der Waals surface area (Å²) in [5.41, 5.74) is 16.6. The molecule has 0 aliphatic carbocycles. The van der Waals surface area contributed by atoms with Crippen LogP contribution in [-0.2, 0) is 0 Å². The molecule has 3 aromatic rings. The number of benzene rings is 1. The molecular formula is C15H14N4S. The van der Waals surface area contributed by atoms with E-state index in [2.05, 4.69) is 16.9 Å². The normalized spacial score (nSPS) is 11.4. The molecule has 4 N–H and O–H groups in total. The summed E-state index contributed by atoms with van der Waals surface area (Å²) < 4.78 is 0.927. The van der Waals surface area contributed by atoms with Crippen LogP contribution >= 0.6 is 11.3 Å². The summed E-state index contributed by atoms with van der Waals surface area (Å²) in [5, 5.41) is 2.04. The van der Waals surface area contributed by atoms with E-state index >= 15 is 0 Å². The Kier molecular flexibility index (Phi) is 3.12.